The second kappa shape index (κ2) is 5.00. The Kier molecular flexibility index (Phi) is 3.41. The van der Waals surface area contributed by atoms with Crippen LogP contribution in [0.3, 0.4) is 0 Å². The van der Waals surface area contributed by atoms with Crippen molar-refractivity contribution in [3.8, 4) is 0 Å². The van der Waals surface area contributed by atoms with Gasteiger partial charge in [0.1, 0.15) is 11.5 Å². The van der Waals surface area contributed by atoms with E-state index < -0.39 is 5.95 Å². The molecule has 0 atom stereocenters. The van der Waals surface area contributed by atoms with Gasteiger partial charge in [-0.15, -0.1) is 0 Å². The van der Waals surface area contributed by atoms with Crippen molar-refractivity contribution in [2.75, 3.05) is 7.05 Å². The lowest BCUT2D eigenvalue weighted by atomic mass is 10.2. The van der Waals surface area contributed by atoms with Crippen molar-refractivity contribution in [2.24, 2.45) is 0 Å². The van der Waals surface area contributed by atoms with Gasteiger partial charge in [0.2, 0.25) is 5.95 Å². The Morgan fingerprint density at radius 1 is 1.44 bits per heavy atom. The molecule has 0 saturated carbocycles. The fraction of sp³-hybridized carbons (Fsp3) is 0.231. The molecule has 0 aromatic carbocycles. The van der Waals surface area contributed by atoms with Gasteiger partial charge < -0.3 is 9.32 Å². The minimum Gasteiger partial charge on any atom is -0.469 e. The normalized spacial score (nSPS) is 10.4. The van der Waals surface area contributed by atoms with Gasteiger partial charge in [-0.1, -0.05) is 6.07 Å². The summed E-state index contributed by atoms with van der Waals surface area (Å²) in [5.41, 5.74) is 1.01. The number of carbonyl (C=O) groups is 1. The van der Waals surface area contributed by atoms with E-state index in [-0.39, 0.29) is 11.6 Å². The van der Waals surface area contributed by atoms with Crippen LogP contribution >= 0.6 is 0 Å². The van der Waals surface area contributed by atoms with Crippen LogP contribution in [0.25, 0.3) is 0 Å². The summed E-state index contributed by atoms with van der Waals surface area (Å²) in [7, 11) is 1.64. The number of aryl methyl sites for hydroxylation is 1. The molecule has 2 heterocycles. The zero-order valence-electron chi connectivity index (χ0n) is 10.2. The summed E-state index contributed by atoms with van der Waals surface area (Å²) < 4.78 is 18.1. The van der Waals surface area contributed by atoms with Crippen molar-refractivity contribution in [1.82, 2.24) is 9.88 Å². The number of hydrogen-bond donors (Lipinski definition) is 0. The molecule has 0 saturated heterocycles. The molecule has 0 unspecified atom stereocenters. The maximum absolute atomic E-state index is 12.9. The van der Waals surface area contributed by atoms with E-state index in [0.29, 0.717) is 6.54 Å². The van der Waals surface area contributed by atoms with Crippen molar-refractivity contribution in [3.63, 3.8) is 0 Å². The summed E-state index contributed by atoms with van der Waals surface area (Å²) in [5.74, 6) is -0.217. The topological polar surface area (TPSA) is 46.3 Å². The molecule has 0 fully saturated rings. The predicted octanol–water partition coefficient (Wildman–Crippen LogP) is 2.39. The predicted molar refractivity (Wildman–Crippen MR) is 63.4 cm³/mol. The quantitative estimate of drug-likeness (QED) is 0.783. The first-order valence-electron chi connectivity index (χ1n) is 5.49. The number of halogens is 1. The van der Waals surface area contributed by atoms with Crippen LogP contribution in [0, 0.1) is 12.9 Å². The van der Waals surface area contributed by atoms with Gasteiger partial charge in [-0.05, 0) is 25.1 Å². The van der Waals surface area contributed by atoms with Crippen LogP contribution < -0.4 is 0 Å². The van der Waals surface area contributed by atoms with Gasteiger partial charge in [0.15, 0.2) is 0 Å². The third-order valence-corrected chi connectivity index (χ3v) is 2.65. The average Bonchev–Trinajstić information content (AvgIpc) is 2.74. The van der Waals surface area contributed by atoms with E-state index in [2.05, 4.69) is 4.98 Å². The maximum atomic E-state index is 12.9. The molecule has 0 aliphatic heterocycles. The highest BCUT2D eigenvalue weighted by Crippen LogP contribution is 2.12. The van der Waals surface area contributed by atoms with E-state index in [1.165, 1.54) is 23.1 Å². The summed E-state index contributed by atoms with van der Waals surface area (Å²) in [6.07, 6.45) is 1.57. The summed E-state index contributed by atoms with van der Waals surface area (Å²) in [6.45, 7) is 2.23. The van der Waals surface area contributed by atoms with Crippen molar-refractivity contribution in [2.45, 2.75) is 13.5 Å². The van der Waals surface area contributed by atoms with Crippen LogP contribution in [-0.2, 0) is 6.54 Å². The van der Waals surface area contributed by atoms with Crippen LogP contribution in [0.2, 0.25) is 0 Å². The van der Waals surface area contributed by atoms with Crippen molar-refractivity contribution < 1.29 is 13.6 Å². The van der Waals surface area contributed by atoms with E-state index in [4.69, 9.17) is 4.42 Å². The van der Waals surface area contributed by atoms with Gasteiger partial charge in [-0.3, -0.25) is 4.79 Å². The Labute approximate surface area is 104 Å². The zero-order chi connectivity index (χ0) is 13.1. The number of pyridine rings is 1. The first-order valence-corrected chi connectivity index (χ1v) is 5.49. The molecule has 18 heavy (non-hydrogen) atoms. The Balaban J connectivity index is 2.12. The highest BCUT2D eigenvalue weighted by Gasteiger charge is 2.15. The van der Waals surface area contributed by atoms with Crippen molar-refractivity contribution in [1.29, 1.82) is 0 Å². The van der Waals surface area contributed by atoms with Crippen LogP contribution in [0.5, 0.6) is 0 Å². The summed E-state index contributed by atoms with van der Waals surface area (Å²) >= 11 is 0. The summed E-state index contributed by atoms with van der Waals surface area (Å²) in [4.78, 5) is 17.0. The number of furan rings is 1. The van der Waals surface area contributed by atoms with E-state index in [0.717, 1.165) is 11.3 Å². The lowest BCUT2D eigenvalue weighted by Crippen LogP contribution is -2.27. The van der Waals surface area contributed by atoms with Crippen molar-refractivity contribution in [3.05, 3.63) is 53.5 Å². The molecule has 0 spiro atoms. The van der Waals surface area contributed by atoms with Crippen LogP contribution in [0.1, 0.15) is 21.8 Å². The minimum atomic E-state index is -0.659. The Hall–Kier alpha value is -2.17. The standard InChI is InChI=1S/C13H13FN2O2/c1-9-10(6-7-18-9)8-16(2)13(17)11-4-3-5-12(14)15-11/h3-7H,8H2,1-2H3. The van der Waals surface area contributed by atoms with E-state index in [9.17, 15) is 9.18 Å². The molecule has 2 aromatic rings. The van der Waals surface area contributed by atoms with Crippen LogP contribution in [0.4, 0.5) is 4.39 Å². The number of nitrogens with zero attached hydrogens (tertiary/aromatic N) is 2. The third kappa shape index (κ3) is 2.56. The molecule has 0 bridgehead atoms. The van der Waals surface area contributed by atoms with Gasteiger partial charge in [0.05, 0.1) is 6.26 Å². The Morgan fingerprint density at radius 2 is 2.22 bits per heavy atom. The average molecular weight is 248 g/mol. The zero-order valence-corrected chi connectivity index (χ0v) is 10.2. The number of amides is 1. The van der Waals surface area contributed by atoms with E-state index in [1.807, 2.05) is 6.92 Å². The number of carbonyl (C=O) groups excluding carboxylic acids is 1. The lowest BCUT2D eigenvalue weighted by Gasteiger charge is -2.16. The van der Waals surface area contributed by atoms with E-state index >= 15 is 0 Å². The molecule has 5 heteroatoms. The van der Waals surface area contributed by atoms with Crippen LogP contribution in [-0.4, -0.2) is 22.8 Å². The first-order chi connectivity index (χ1) is 8.58. The van der Waals surface area contributed by atoms with Crippen molar-refractivity contribution >= 4 is 5.91 Å². The monoisotopic (exact) mass is 248 g/mol. The van der Waals surface area contributed by atoms with E-state index in [1.54, 1.807) is 19.4 Å². The molecule has 0 N–H and O–H groups in total. The molecule has 0 aliphatic carbocycles. The van der Waals surface area contributed by atoms with Gasteiger partial charge in [-0.25, -0.2) is 4.98 Å². The summed E-state index contributed by atoms with van der Waals surface area (Å²) in [6, 6.07) is 5.96. The third-order valence-electron chi connectivity index (χ3n) is 2.65. The highest BCUT2D eigenvalue weighted by molar-refractivity contribution is 5.92. The lowest BCUT2D eigenvalue weighted by molar-refractivity contribution is 0.0777. The molecule has 0 aliphatic rings. The first kappa shape index (κ1) is 12.3. The molecule has 4 nitrogen and oxygen atoms in total. The van der Waals surface area contributed by atoms with Gasteiger partial charge >= 0.3 is 0 Å². The van der Waals surface area contributed by atoms with Gasteiger partial charge in [0.25, 0.3) is 5.91 Å². The SMILES string of the molecule is Cc1occc1CN(C)C(=O)c1cccc(F)n1. The Morgan fingerprint density at radius 3 is 2.83 bits per heavy atom. The number of rotatable bonds is 3. The smallest absolute Gasteiger partial charge is 0.272 e. The fourth-order valence-corrected chi connectivity index (χ4v) is 1.63. The second-order valence-corrected chi connectivity index (χ2v) is 4.01. The largest absolute Gasteiger partial charge is 0.469 e. The molecular formula is C13H13FN2O2. The highest BCUT2D eigenvalue weighted by atomic mass is 19.1. The molecule has 1 amide bonds. The molecular weight excluding hydrogens is 235 g/mol. The molecule has 2 rings (SSSR count). The second-order valence-electron chi connectivity index (χ2n) is 4.01. The number of aromatic nitrogens is 1. The molecule has 0 radical (unpaired) electrons. The molecule has 2 aromatic heterocycles. The minimum absolute atomic E-state index is 0.0960. The van der Waals surface area contributed by atoms with Gasteiger partial charge in [-0.2, -0.15) is 4.39 Å². The Bertz CT molecular complexity index is 566. The molecule has 94 valence electrons. The van der Waals surface area contributed by atoms with Crippen LogP contribution in [0.15, 0.2) is 34.9 Å². The number of hydrogen-bond acceptors (Lipinski definition) is 3. The van der Waals surface area contributed by atoms with Gasteiger partial charge in [0, 0.05) is 19.2 Å². The maximum Gasteiger partial charge on any atom is 0.272 e. The fourth-order valence-electron chi connectivity index (χ4n) is 1.63. The summed E-state index contributed by atoms with van der Waals surface area (Å²) in [5, 5.41) is 0.